The zero-order valence-electron chi connectivity index (χ0n) is 12.7. The summed E-state index contributed by atoms with van der Waals surface area (Å²) in [5, 5.41) is 12.2. The third kappa shape index (κ3) is 5.28. The molecule has 0 atom stereocenters. The molecule has 2 aliphatic heterocycles. The van der Waals surface area contributed by atoms with Gasteiger partial charge in [0.2, 0.25) is 5.91 Å². The van der Waals surface area contributed by atoms with Crippen molar-refractivity contribution in [3.05, 3.63) is 0 Å². The maximum absolute atomic E-state index is 12.0. The molecule has 0 unspecified atom stereocenters. The van der Waals surface area contributed by atoms with Gasteiger partial charge in [-0.05, 0) is 38.8 Å². The molecule has 2 N–H and O–H groups in total. The molecule has 0 spiro atoms. The third-order valence-electron chi connectivity index (χ3n) is 4.53. The Bertz CT molecular complexity index is 348. The summed E-state index contributed by atoms with van der Waals surface area (Å²) in [6.07, 6.45) is 5.08. The summed E-state index contributed by atoms with van der Waals surface area (Å²) in [6, 6.07) is 0. The average Bonchev–Trinajstić information content (AvgIpc) is 2.52. The molecular weight excluding hydrogens is 270 g/mol. The van der Waals surface area contributed by atoms with E-state index in [1.54, 1.807) is 4.90 Å². The summed E-state index contributed by atoms with van der Waals surface area (Å²) >= 11 is 0. The van der Waals surface area contributed by atoms with Crippen LogP contribution in [0.4, 0.5) is 0 Å². The van der Waals surface area contributed by atoms with Crippen molar-refractivity contribution in [3.63, 3.8) is 0 Å². The largest absolute Gasteiger partial charge is 0.481 e. The molecule has 0 saturated carbocycles. The lowest BCUT2D eigenvalue weighted by Gasteiger charge is -2.30. The minimum Gasteiger partial charge on any atom is -0.481 e. The number of aliphatic carboxylic acids is 1. The fourth-order valence-electron chi connectivity index (χ4n) is 3.10. The minimum atomic E-state index is -0.734. The molecule has 120 valence electrons. The Morgan fingerprint density at radius 1 is 1.05 bits per heavy atom. The van der Waals surface area contributed by atoms with Crippen molar-refractivity contribution >= 4 is 11.9 Å². The molecule has 2 aliphatic rings. The lowest BCUT2D eigenvalue weighted by molar-refractivity contribution is -0.145. The van der Waals surface area contributed by atoms with Crippen LogP contribution in [0, 0.1) is 5.92 Å². The van der Waals surface area contributed by atoms with Gasteiger partial charge < -0.3 is 20.2 Å². The summed E-state index contributed by atoms with van der Waals surface area (Å²) in [4.78, 5) is 27.1. The van der Waals surface area contributed by atoms with Gasteiger partial charge in [0.15, 0.2) is 0 Å². The van der Waals surface area contributed by atoms with Gasteiger partial charge in [-0.3, -0.25) is 9.59 Å². The number of carboxylic acid groups (broad SMARTS) is 1. The van der Waals surface area contributed by atoms with Gasteiger partial charge in [0.1, 0.15) is 0 Å². The standard InChI is InChI=1S/C15H27N3O3/c19-14(18-9-4-13(5-10-18)15(20)21)12-16-6-11-17-7-2-1-3-8-17/h13,16H,1-12H2,(H,20,21). The van der Waals surface area contributed by atoms with E-state index in [4.69, 9.17) is 5.11 Å². The molecule has 21 heavy (non-hydrogen) atoms. The first-order valence-electron chi connectivity index (χ1n) is 8.10. The molecule has 2 saturated heterocycles. The SMILES string of the molecule is O=C(O)C1CCN(C(=O)CNCCN2CCCCC2)CC1. The number of carbonyl (C=O) groups is 2. The molecule has 6 heteroatoms. The highest BCUT2D eigenvalue weighted by Gasteiger charge is 2.26. The van der Waals surface area contributed by atoms with Crippen LogP contribution in [0.1, 0.15) is 32.1 Å². The highest BCUT2D eigenvalue weighted by Crippen LogP contribution is 2.17. The van der Waals surface area contributed by atoms with Crippen LogP contribution in [0.3, 0.4) is 0 Å². The Morgan fingerprint density at radius 2 is 1.71 bits per heavy atom. The molecule has 1 amide bonds. The van der Waals surface area contributed by atoms with E-state index in [1.165, 1.54) is 32.4 Å². The number of carbonyl (C=O) groups excluding carboxylic acids is 1. The third-order valence-corrected chi connectivity index (χ3v) is 4.53. The van der Waals surface area contributed by atoms with Crippen LogP contribution in [-0.2, 0) is 9.59 Å². The van der Waals surface area contributed by atoms with Crippen LogP contribution in [0.5, 0.6) is 0 Å². The average molecular weight is 297 g/mol. The summed E-state index contributed by atoms with van der Waals surface area (Å²) in [5.41, 5.74) is 0. The number of nitrogens with one attached hydrogen (secondary N) is 1. The highest BCUT2D eigenvalue weighted by atomic mass is 16.4. The number of nitrogens with zero attached hydrogens (tertiary/aromatic N) is 2. The Labute approximate surface area is 126 Å². The molecule has 0 aromatic heterocycles. The van der Waals surface area contributed by atoms with Gasteiger partial charge in [-0.2, -0.15) is 0 Å². The van der Waals surface area contributed by atoms with Crippen molar-refractivity contribution in [1.29, 1.82) is 0 Å². The summed E-state index contributed by atoms with van der Waals surface area (Å²) in [6.45, 7) is 5.72. The first-order valence-corrected chi connectivity index (χ1v) is 8.10. The van der Waals surface area contributed by atoms with E-state index in [1.807, 2.05) is 0 Å². The fraction of sp³-hybridized carbons (Fsp3) is 0.867. The lowest BCUT2D eigenvalue weighted by atomic mass is 9.97. The van der Waals surface area contributed by atoms with Gasteiger partial charge in [0.05, 0.1) is 12.5 Å². The van der Waals surface area contributed by atoms with Crippen molar-refractivity contribution in [3.8, 4) is 0 Å². The minimum absolute atomic E-state index is 0.0949. The van der Waals surface area contributed by atoms with E-state index in [-0.39, 0.29) is 11.8 Å². The molecule has 2 fully saturated rings. The van der Waals surface area contributed by atoms with Gasteiger partial charge in [-0.1, -0.05) is 6.42 Å². The highest BCUT2D eigenvalue weighted by molar-refractivity contribution is 5.78. The predicted octanol–water partition coefficient (Wildman–Crippen LogP) is 0.385. The van der Waals surface area contributed by atoms with Crippen LogP contribution in [0.2, 0.25) is 0 Å². The maximum Gasteiger partial charge on any atom is 0.306 e. The Morgan fingerprint density at radius 3 is 2.33 bits per heavy atom. The number of piperidine rings is 2. The molecule has 0 radical (unpaired) electrons. The van der Waals surface area contributed by atoms with Crippen LogP contribution in [-0.4, -0.2) is 72.6 Å². The first kappa shape index (κ1) is 16.2. The maximum atomic E-state index is 12.0. The van der Waals surface area contributed by atoms with E-state index in [0.29, 0.717) is 32.5 Å². The monoisotopic (exact) mass is 297 g/mol. The van der Waals surface area contributed by atoms with E-state index in [2.05, 4.69) is 10.2 Å². The number of hydrogen-bond donors (Lipinski definition) is 2. The van der Waals surface area contributed by atoms with Gasteiger partial charge in [0, 0.05) is 26.2 Å². The summed E-state index contributed by atoms with van der Waals surface area (Å²) in [7, 11) is 0. The Balaban J connectivity index is 1.56. The van der Waals surface area contributed by atoms with Crippen molar-refractivity contribution in [2.75, 3.05) is 45.8 Å². The molecule has 0 aromatic rings. The van der Waals surface area contributed by atoms with E-state index >= 15 is 0 Å². The van der Waals surface area contributed by atoms with Crippen LogP contribution in [0.15, 0.2) is 0 Å². The zero-order valence-corrected chi connectivity index (χ0v) is 12.7. The second-order valence-electron chi connectivity index (χ2n) is 6.07. The number of likely N-dealkylation sites (tertiary alicyclic amines) is 2. The molecule has 6 nitrogen and oxygen atoms in total. The molecule has 2 rings (SSSR count). The molecule has 0 bridgehead atoms. The number of carboxylic acids is 1. The van der Waals surface area contributed by atoms with Crippen LogP contribution in [0.25, 0.3) is 0 Å². The van der Waals surface area contributed by atoms with Gasteiger partial charge in [-0.15, -0.1) is 0 Å². The van der Waals surface area contributed by atoms with E-state index < -0.39 is 5.97 Å². The Hall–Kier alpha value is -1.14. The van der Waals surface area contributed by atoms with Gasteiger partial charge in [0.25, 0.3) is 0 Å². The second-order valence-corrected chi connectivity index (χ2v) is 6.07. The van der Waals surface area contributed by atoms with E-state index in [0.717, 1.165) is 13.1 Å². The Kier molecular flexibility index (Phi) is 6.45. The fourth-order valence-corrected chi connectivity index (χ4v) is 3.10. The number of amides is 1. The first-order chi connectivity index (χ1) is 10.2. The number of rotatable bonds is 6. The topological polar surface area (TPSA) is 72.9 Å². The van der Waals surface area contributed by atoms with Gasteiger partial charge >= 0.3 is 5.97 Å². The van der Waals surface area contributed by atoms with Crippen LogP contribution >= 0.6 is 0 Å². The zero-order chi connectivity index (χ0) is 15.1. The van der Waals surface area contributed by atoms with Crippen molar-refractivity contribution in [1.82, 2.24) is 15.1 Å². The predicted molar refractivity (Wildman–Crippen MR) is 80.1 cm³/mol. The summed E-state index contributed by atoms with van der Waals surface area (Å²) in [5.74, 6) is -0.916. The van der Waals surface area contributed by atoms with Crippen LogP contribution < -0.4 is 5.32 Å². The molecule has 0 aliphatic carbocycles. The number of hydrogen-bond acceptors (Lipinski definition) is 4. The smallest absolute Gasteiger partial charge is 0.306 e. The summed E-state index contributed by atoms with van der Waals surface area (Å²) < 4.78 is 0. The quantitative estimate of drug-likeness (QED) is 0.694. The molecule has 2 heterocycles. The van der Waals surface area contributed by atoms with Gasteiger partial charge in [-0.25, -0.2) is 0 Å². The van der Waals surface area contributed by atoms with Crippen molar-refractivity contribution < 1.29 is 14.7 Å². The second kappa shape index (κ2) is 8.34. The van der Waals surface area contributed by atoms with Crippen molar-refractivity contribution in [2.24, 2.45) is 5.92 Å². The molecular formula is C15H27N3O3. The van der Waals surface area contributed by atoms with E-state index in [9.17, 15) is 9.59 Å². The molecule has 0 aromatic carbocycles. The lowest BCUT2D eigenvalue weighted by Crippen LogP contribution is -2.45. The van der Waals surface area contributed by atoms with Crippen molar-refractivity contribution in [2.45, 2.75) is 32.1 Å². The normalized spacial score (nSPS) is 21.4.